The van der Waals surface area contributed by atoms with Gasteiger partial charge in [0, 0.05) is 29.6 Å². The molecule has 2 aliphatic rings. The first-order valence-electron chi connectivity index (χ1n) is 14.3. The molecule has 2 fully saturated rings. The third-order valence-corrected chi connectivity index (χ3v) is 10.8. The van der Waals surface area contributed by atoms with Gasteiger partial charge in [-0.25, -0.2) is 0 Å². The van der Waals surface area contributed by atoms with E-state index in [1.54, 1.807) is 38.0 Å². The Balaban J connectivity index is 1.59. The normalized spacial score (nSPS) is 22.3. The van der Waals surface area contributed by atoms with Gasteiger partial charge in [-0.3, -0.25) is 14.3 Å². The Labute approximate surface area is 257 Å². The molecule has 0 bridgehead atoms. The number of carbonyl (C=O) groups is 2. The van der Waals surface area contributed by atoms with Gasteiger partial charge in [0.25, 0.3) is 5.66 Å². The Bertz CT molecular complexity index is 1110. The number of alkyl halides is 3. The summed E-state index contributed by atoms with van der Waals surface area (Å²) in [7, 11) is 0.191. The van der Waals surface area contributed by atoms with Gasteiger partial charge in [-0.1, -0.05) is 33.5 Å². The quantitative estimate of drug-likeness (QED) is 0.148. The van der Waals surface area contributed by atoms with Gasteiger partial charge in [-0.05, 0) is 94.4 Å². The van der Waals surface area contributed by atoms with E-state index in [1.165, 1.54) is 6.07 Å². The maximum Gasteiger partial charge on any atom is 0.283 e. The highest BCUT2D eigenvalue weighted by Crippen LogP contribution is 2.40. The number of halogens is 3. The Morgan fingerprint density at radius 1 is 1.27 bits per heavy atom. The molecule has 0 saturated carbocycles. The first kappa shape index (κ1) is 34.4. The van der Waals surface area contributed by atoms with Crippen LogP contribution in [0.15, 0.2) is 46.7 Å². The predicted octanol–water partition coefficient (Wildman–Crippen LogP) is 7.22. The van der Waals surface area contributed by atoms with Gasteiger partial charge >= 0.3 is 0 Å². The molecular weight excluding hydrogens is 603 g/mol. The van der Waals surface area contributed by atoms with Crippen molar-refractivity contribution in [1.82, 2.24) is 14.5 Å². The summed E-state index contributed by atoms with van der Waals surface area (Å²) in [6.07, 6.45) is 14.1. The van der Waals surface area contributed by atoms with E-state index >= 15 is 0 Å². The molecule has 0 radical (unpaired) electrons. The lowest BCUT2D eigenvalue weighted by atomic mass is 9.95. The van der Waals surface area contributed by atoms with E-state index < -0.39 is 15.9 Å². The third kappa shape index (κ3) is 10.8. The average Bonchev–Trinajstić information content (AvgIpc) is 2.91. The van der Waals surface area contributed by atoms with Crippen molar-refractivity contribution in [3.63, 3.8) is 0 Å². The monoisotopic (exact) mass is 647 g/mol. The number of likely N-dealkylation sites (tertiary alicyclic amines) is 2. The molecular formula is C30H45ClF2N3O2PS2. The number of nitrogens with one attached hydrogen (secondary N) is 1. The van der Waals surface area contributed by atoms with E-state index in [2.05, 4.69) is 28.7 Å². The van der Waals surface area contributed by atoms with Gasteiger partial charge in [0.05, 0.1) is 17.3 Å². The lowest BCUT2D eigenvalue weighted by Gasteiger charge is -2.40. The van der Waals surface area contributed by atoms with Gasteiger partial charge in [-0.15, -0.1) is 23.4 Å². The molecule has 2 saturated heterocycles. The zero-order valence-electron chi connectivity index (χ0n) is 24.6. The van der Waals surface area contributed by atoms with Crippen molar-refractivity contribution >= 4 is 54.6 Å². The van der Waals surface area contributed by atoms with Crippen LogP contribution in [0, 0.1) is 0 Å². The summed E-state index contributed by atoms with van der Waals surface area (Å²) in [5.41, 5.74) is -2.13. The first-order chi connectivity index (χ1) is 19.3. The molecule has 0 spiro atoms. The molecule has 0 aliphatic carbocycles. The Morgan fingerprint density at radius 3 is 2.71 bits per heavy atom. The SMILES string of the molecule is C/C=C(/C=C/S(C)(C)N[C@H]1CCCN(CC(=O)N2CCCC[C@H]2CCc2cccc(C(F)(F)P)c2)C1=O)SC(C)Cl. The fraction of sp³-hybridized carbons (Fsp3) is 0.600. The lowest BCUT2D eigenvalue weighted by molar-refractivity contribution is -0.145. The standard InChI is InChI=1S/C30H45ClF2N3O2PS2/c1-5-26(40-22(2)31)16-19-41(3,4)34-27-13-9-17-35(29(27)38)21-28(37)36-18-7-6-12-25(36)15-14-23-10-8-11-24(20-23)30(32,33)39/h5,8,10-11,16,19-20,22,25,27,34H,6-7,9,12-15,17-18,21,39H2,1-4H3/b19-16+,26-5-/t22?,25-,27-/m0/s1. The molecule has 11 heteroatoms. The fourth-order valence-electron chi connectivity index (χ4n) is 5.39. The molecule has 3 rings (SSSR count). The second-order valence-corrected chi connectivity index (χ2v) is 17.6. The van der Waals surface area contributed by atoms with Crippen molar-refractivity contribution in [3.05, 3.63) is 57.9 Å². The first-order valence-corrected chi connectivity index (χ1v) is 18.7. The number of rotatable bonds is 12. The minimum absolute atomic E-state index is 0.0164. The number of piperidine rings is 2. The van der Waals surface area contributed by atoms with Crippen molar-refractivity contribution < 1.29 is 18.4 Å². The van der Waals surface area contributed by atoms with Crippen LogP contribution < -0.4 is 4.72 Å². The number of thioether (sulfide) groups is 1. The van der Waals surface area contributed by atoms with Gasteiger partial charge < -0.3 is 9.80 Å². The molecule has 2 aliphatic heterocycles. The number of amides is 2. The highest BCUT2D eigenvalue weighted by Gasteiger charge is 2.34. The van der Waals surface area contributed by atoms with Crippen LogP contribution in [0.5, 0.6) is 0 Å². The zero-order chi connectivity index (χ0) is 30.2. The summed E-state index contributed by atoms with van der Waals surface area (Å²) in [6.45, 7) is 5.26. The number of benzene rings is 1. The van der Waals surface area contributed by atoms with Crippen LogP contribution in [0.3, 0.4) is 0 Å². The maximum absolute atomic E-state index is 13.8. The third-order valence-electron chi connectivity index (χ3n) is 7.48. The minimum atomic E-state index is -2.96. The van der Waals surface area contributed by atoms with E-state index in [1.807, 2.05) is 30.9 Å². The van der Waals surface area contributed by atoms with Crippen molar-refractivity contribution in [2.75, 3.05) is 32.1 Å². The number of allylic oxidation sites excluding steroid dienone is 2. The molecule has 1 aromatic rings. The van der Waals surface area contributed by atoms with Crippen LogP contribution in [0.2, 0.25) is 0 Å². The highest BCUT2D eigenvalue weighted by molar-refractivity contribution is 8.33. The van der Waals surface area contributed by atoms with Gasteiger partial charge in [0.1, 0.15) is 0 Å². The van der Waals surface area contributed by atoms with Crippen molar-refractivity contribution in [2.45, 2.75) is 81.2 Å². The molecule has 0 aromatic heterocycles. The van der Waals surface area contributed by atoms with Crippen LogP contribution in [-0.2, 0) is 21.7 Å². The topological polar surface area (TPSA) is 52.7 Å². The second kappa shape index (κ2) is 15.6. The molecule has 230 valence electrons. The van der Waals surface area contributed by atoms with E-state index in [0.717, 1.165) is 42.6 Å². The second-order valence-electron chi connectivity index (χ2n) is 11.2. The van der Waals surface area contributed by atoms with E-state index in [4.69, 9.17) is 11.6 Å². The predicted molar refractivity (Wildman–Crippen MR) is 176 cm³/mol. The van der Waals surface area contributed by atoms with Gasteiger partial charge in [0.2, 0.25) is 11.8 Å². The zero-order valence-corrected chi connectivity index (χ0v) is 28.1. The number of carbonyl (C=O) groups excluding carboxylic acids is 2. The van der Waals surface area contributed by atoms with Crippen molar-refractivity contribution in [1.29, 1.82) is 0 Å². The summed E-state index contributed by atoms with van der Waals surface area (Å²) in [5.74, 6) is -0.0392. The number of aryl methyl sites for hydroxylation is 1. The summed E-state index contributed by atoms with van der Waals surface area (Å²) in [6, 6.07) is 6.24. The molecule has 4 atom stereocenters. The minimum Gasteiger partial charge on any atom is -0.338 e. The largest absolute Gasteiger partial charge is 0.338 e. The number of hydrogen-bond acceptors (Lipinski definition) is 4. The van der Waals surface area contributed by atoms with E-state index in [0.29, 0.717) is 25.9 Å². The molecule has 2 heterocycles. The smallest absolute Gasteiger partial charge is 0.283 e. The Kier molecular flexibility index (Phi) is 13.0. The van der Waals surface area contributed by atoms with Gasteiger partial charge in [0.15, 0.2) is 0 Å². The van der Waals surface area contributed by atoms with Crippen LogP contribution in [0.25, 0.3) is 0 Å². The summed E-state index contributed by atoms with van der Waals surface area (Å²) < 4.78 is 31.1. The molecule has 2 amide bonds. The van der Waals surface area contributed by atoms with Crippen LogP contribution in [0.4, 0.5) is 8.78 Å². The van der Waals surface area contributed by atoms with E-state index in [-0.39, 0.29) is 40.7 Å². The van der Waals surface area contributed by atoms with Crippen molar-refractivity contribution in [2.24, 2.45) is 0 Å². The number of hydrogen-bond donors (Lipinski definition) is 1. The van der Waals surface area contributed by atoms with Crippen LogP contribution in [0.1, 0.15) is 63.5 Å². The van der Waals surface area contributed by atoms with Crippen molar-refractivity contribution in [3.8, 4) is 0 Å². The highest BCUT2D eigenvalue weighted by atomic mass is 35.5. The fourth-order valence-corrected chi connectivity index (χ4v) is 8.14. The lowest BCUT2D eigenvalue weighted by Crippen LogP contribution is -2.55. The Hall–Kier alpha value is -1.12. The number of nitrogens with zero attached hydrogens (tertiary/aromatic N) is 2. The molecule has 2 unspecified atom stereocenters. The summed E-state index contributed by atoms with van der Waals surface area (Å²) >= 11 is 7.73. The molecule has 1 aromatic carbocycles. The van der Waals surface area contributed by atoms with Crippen LogP contribution >= 0.6 is 42.8 Å². The summed E-state index contributed by atoms with van der Waals surface area (Å²) in [5, 5.41) is 2.14. The maximum atomic E-state index is 13.8. The van der Waals surface area contributed by atoms with Crippen LogP contribution in [-0.4, -0.2) is 70.6 Å². The van der Waals surface area contributed by atoms with Gasteiger partial charge in [-0.2, -0.15) is 19.0 Å². The molecule has 41 heavy (non-hydrogen) atoms. The molecule has 5 nitrogen and oxygen atoms in total. The van der Waals surface area contributed by atoms with E-state index in [9.17, 15) is 18.4 Å². The summed E-state index contributed by atoms with van der Waals surface area (Å²) in [4.78, 5) is 31.7. The Morgan fingerprint density at radius 2 is 2.02 bits per heavy atom. The average molecular weight is 648 g/mol. The molecule has 1 N–H and O–H groups in total.